The van der Waals surface area contributed by atoms with E-state index < -0.39 is 0 Å². The molecule has 0 spiro atoms. The quantitative estimate of drug-likeness (QED) is 0.411. The molecule has 0 aliphatic carbocycles. The maximum absolute atomic E-state index is 12.4. The highest BCUT2D eigenvalue weighted by Crippen LogP contribution is 2.33. The molecule has 0 radical (unpaired) electrons. The minimum Gasteiger partial charge on any atom is -0.493 e. The molecule has 33 heavy (non-hydrogen) atoms. The lowest BCUT2D eigenvalue weighted by atomic mass is 10.0. The SMILES string of the molecule is COc1cc2ncnc(Cc3ccc4nc(NC(=O)c5ccccc5)oc4c3)c2cc1OC. The highest BCUT2D eigenvalue weighted by molar-refractivity contribution is 6.03. The molecular weight excluding hydrogens is 420 g/mol. The van der Waals surface area contributed by atoms with Gasteiger partial charge in [-0.25, -0.2) is 9.97 Å². The van der Waals surface area contributed by atoms with Gasteiger partial charge in [0.25, 0.3) is 5.91 Å². The van der Waals surface area contributed by atoms with Gasteiger partial charge in [-0.3, -0.25) is 10.1 Å². The van der Waals surface area contributed by atoms with Crippen LogP contribution in [0.3, 0.4) is 0 Å². The van der Waals surface area contributed by atoms with Crippen LogP contribution in [0.2, 0.25) is 0 Å². The van der Waals surface area contributed by atoms with Crippen LogP contribution in [-0.2, 0) is 6.42 Å². The van der Waals surface area contributed by atoms with E-state index in [2.05, 4.69) is 20.3 Å². The number of oxazole rings is 1. The first-order chi connectivity index (χ1) is 16.1. The second-order valence-corrected chi connectivity index (χ2v) is 7.36. The Morgan fingerprint density at radius 2 is 1.73 bits per heavy atom. The predicted molar refractivity (Wildman–Crippen MR) is 124 cm³/mol. The smallest absolute Gasteiger partial charge is 0.302 e. The van der Waals surface area contributed by atoms with Crippen molar-refractivity contribution in [2.24, 2.45) is 0 Å². The van der Waals surface area contributed by atoms with Gasteiger partial charge in [0.15, 0.2) is 17.1 Å². The van der Waals surface area contributed by atoms with E-state index in [0.717, 1.165) is 22.2 Å². The van der Waals surface area contributed by atoms with Crippen molar-refractivity contribution in [3.05, 3.63) is 83.8 Å². The van der Waals surface area contributed by atoms with Gasteiger partial charge in [-0.2, -0.15) is 4.98 Å². The molecule has 0 saturated carbocycles. The molecular formula is C25H20N4O4. The maximum atomic E-state index is 12.4. The van der Waals surface area contributed by atoms with Crippen LogP contribution in [0.15, 0.2) is 71.4 Å². The molecule has 0 unspecified atom stereocenters. The second-order valence-electron chi connectivity index (χ2n) is 7.36. The van der Waals surface area contributed by atoms with Crippen LogP contribution in [0.25, 0.3) is 22.0 Å². The van der Waals surface area contributed by atoms with Crippen molar-refractivity contribution in [3.8, 4) is 11.5 Å². The summed E-state index contributed by atoms with van der Waals surface area (Å²) in [5.41, 5.74) is 4.36. The summed E-state index contributed by atoms with van der Waals surface area (Å²) in [6.07, 6.45) is 2.09. The van der Waals surface area contributed by atoms with E-state index in [1.165, 1.54) is 6.33 Å². The summed E-state index contributed by atoms with van der Waals surface area (Å²) in [7, 11) is 3.19. The van der Waals surface area contributed by atoms with Gasteiger partial charge in [-0.05, 0) is 35.9 Å². The molecule has 0 saturated heterocycles. The lowest BCUT2D eigenvalue weighted by Crippen LogP contribution is -2.11. The van der Waals surface area contributed by atoms with Crippen molar-refractivity contribution in [3.63, 3.8) is 0 Å². The second kappa shape index (κ2) is 8.58. The van der Waals surface area contributed by atoms with E-state index in [1.807, 2.05) is 36.4 Å². The molecule has 8 heteroatoms. The number of aromatic nitrogens is 3. The number of amides is 1. The topological polar surface area (TPSA) is 99.4 Å². The molecule has 164 valence electrons. The summed E-state index contributed by atoms with van der Waals surface area (Å²) in [4.78, 5) is 25.6. The van der Waals surface area contributed by atoms with E-state index >= 15 is 0 Å². The number of hydrogen-bond acceptors (Lipinski definition) is 7. The Morgan fingerprint density at radius 3 is 2.52 bits per heavy atom. The molecule has 5 aromatic rings. The molecule has 0 bridgehead atoms. The number of carbonyl (C=O) groups is 1. The largest absolute Gasteiger partial charge is 0.493 e. The van der Waals surface area contributed by atoms with Crippen LogP contribution in [0.5, 0.6) is 11.5 Å². The minimum atomic E-state index is -0.279. The number of nitrogens with one attached hydrogen (secondary N) is 1. The molecule has 0 aliphatic rings. The molecule has 1 amide bonds. The number of hydrogen-bond donors (Lipinski definition) is 1. The number of nitrogens with zero attached hydrogens (tertiary/aromatic N) is 3. The number of carbonyl (C=O) groups excluding carboxylic acids is 1. The highest BCUT2D eigenvalue weighted by atomic mass is 16.5. The van der Waals surface area contributed by atoms with E-state index in [4.69, 9.17) is 13.9 Å². The van der Waals surface area contributed by atoms with Crippen LogP contribution >= 0.6 is 0 Å². The van der Waals surface area contributed by atoms with E-state index in [1.54, 1.807) is 38.5 Å². The van der Waals surface area contributed by atoms with Crippen molar-refractivity contribution in [1.29, 1.82) is 0 Å². The van der Waals surface area contributed by atoms with Gasteiger partial charge < -0.3 is 13.9 Å². The Morgan fingerprint density at radius 1 is 0.939 bits per heavy atom. The van der Waals surface area contributed by atoms with Crippen molar-refractivity contribution in [2.45, 2.75) is 6.42 Å². The predicted octanol–water partition coefficient (Wildman–Crippen LogP) is 4.63. The van der Waals surface area contributed by atoms with Crippen LogP contribution in [0.4, 0.5) is 6.01 Å². The Hall–Kier alpha value is -4.46. The number of rotatable bonds is 6. The number of fused-ring (bicyclic) bond motifs is 2. The van der Waals surface area contributed by atoms with Gasteiger partial charge in [0.1, 0.15) is 11.8 Å². The monoisotopic (exact) mass is 440 g/mol. The third kappa shape index (κ3) is 4.06. The zero-order valence-corrected chi connectivity index (χ0v) is 18.0. The fourth-order valence-electron chi connectivity index (χ4n) is 3.66. The van der Waals surface area contributed by atoms with E-state index in [-0.39, 0.29) is 11.9 Å². The summed E-state index contributed by atoms with van der Waals surface area (Å²) >= 11 is 0. The van der Waals surface area contributed by atoms with E-state index in [9.17, 15) is 4.79 Å². The molecule has 8 nitrogen and oxygen atoms in total. The van der Waals surface area contributed by atoms with Crippen LogP contribution < -0.4 is 14.8 Å². The van der Waals surface area contributed by atoms with Gasteiger partial charge in [0.05, 0.1) is 25.4 Å². The normalized spacial score (nSPS) is 11.0. The third-order valence-corrected chi connectivity index (χ3v) is 5.30. The molecule has 0 atom stereocenters. The summed E-state index contributed by atoms with van der Waals surface area (Å²) in [5.74, 6) is 0.951. The lowest BCUT2D eigenvalue weighted by molar-refractivity contribution is 0.102. The highest BCUT2D eigenvalue weighted by Gasteiger charge is 2.14. The maximum Gasteiger partial charge on any atom is 0.302 e. The van der Waals surface area contributed by atoms with Crippen LogP contribution in [0, 0.1) is 0 Å². The van der Waals surface area contributed by atoms with Crippen molar-refractivity contribution in [1.82, 2.24) is 15.0 Å². The standard InChI is InChI=1S/C25H20N4O4/c1-31-22-12-17-19(26-14-27-20(17)13-23(22)32-2)10-15-8-9-18-21(11-15)33-25(28-18)29-24(30)16-6-4-3-5-7-16/h3-9,11-14H,10H2,1-2H3,(H,28,29,30). The van der Waals surface area contributed by atoms with Crippen molar-refractivity contribution < 1.29 is 18.7 Å². The average Bonchev–Trinajstić information content (AvgIpc) is 3.25. The molecule has 3 aromatic carbocycles. The van der Waals surface area contributed by atoms with Gasteiger partial charge in [0.2, 0.25) is 0 Å². The van der Waals surface area contributed by atoms with Crippen molar-refractivity contribution in [2.75, 3.05) is 19.5 Å². The zero-order chi connectivity index (χ0) is 22.8. The first kappa shape index (κ1) is 20.4. The van der Waals surface area contributed by atoms with Gasteiger partial charge in [-0.1, -0.05) is 24.3 Å². The van der Waals surface area contributed by atoms with Gasteiger partial charge >= 0.3 is 6.01 Å². The molecule has 0 fully saturated rings. The van der Waals surface area contributed by atoms with Crippen molar-refractivity contribution >= 4 is 33.9 Å². The lowest BCUT2D eigenvalue weighted by Gasteiger charge is -2.11. The fourth-order valence-corrected chi connectivity index (χ4v) is 3.66. The van der Waals surface area contributed by atoms with Gasteiger partial charge in [-0.15, -0.1) is 0 Å². The molecule has 5 rings (SSSR count). The molecule has 2 aromatic heterocycles. The number of benzene rings is 3. The fraction of sp³-hybridized carbons (Fsp3) is 0.120. The Kier molecular flexibility index (Phi) is 5.32. The van der Waals surface area contributed by atoms with Crippen LogP contribution in [0.1, 0.15) is 21.6 Å². The number of anilines is 1. The average molecular weight is 440 g/mol. The Labute approximate surface area is 189 Å². The Balaban J connectivity index is 1.43. The summed E-state index contributed by atoms with van der Waals surface area (Å²) < 4.78 is 16.6. The minimum absolute atomic E-state index is 0.153. The number of methoxy groups -OCH3 is 2. The van der Waals surface area contributed by atoms with Gasteiger partial charge in [0, 0.05) is 23.4 Å². The summed E-state index contributed by atoms with van der Waals surface area (Å²) in [6.45, 7) is 0. The Bertz CT molecular complexity index is 1460. The summed E-state index contributed by atoms with van der Waals surface area (Å²) in [6, 6.07) is 18.5. The van der Waals surface area contributed by atoms with Crippen LogP contribution in [-0.4, -0.2) is 35.1 Å². The summed E-state index contributed by atoms with van der Waals surface area (Å²) in [5, 5.41) is 3.58. The van der Waals surface area contributed by atoms with E-state index in [0.29, 0.717) is 34.6 Å². The first-order valence-corrected chi connectivity index (χ1v) is 10.3. The molecule has 0 aliphatic heterocycles. The molecule has 1 N–H and O–H groups in total. The third-order valence-electron chi connectivity index (χ3n) is 5.30. The molecule has 2 heterocycles. The number of ether oxygens (including phenoxy) is 2. The zero-order valence-electron chi connectivity index (χ0n) is 18.0. The first-order valence-electron chi connectivity index (χ1n) is 10.3.